The minimum Gasteiger partial charge on any atom is -0.490 e. The highest BCUT2D eigenvalue weighted by molar-refractivity contribution is 5.89. The quantitative estimate of drug-likeness (QED) is 0.566. The zero-order chi connectivity index (χ0) is 9.68. The number of methoxy groups -OCH3 is 1. The van der Waals surface area contributed by atoms with Crippen LogP contribution in [-0.2, 0) is 9.53 Å². The molecule has 0 atom stereocenters. The van der Waals surface area contributed by atoms with Gasteiger partial charge in [0.2, 0.25) is 5.76 Å². The molecule has 0 aliphatic rings. The molecule has 1 N–H and O–H groups in total. The first-order chi connectivity index (χ1) is 6.24. The van der Waals surface area contributed by atoms with Crippen molar-refractivity contribution in [3.63, 3.8) is 0 Å². The maximum Gasteiger partial charge on any atom is 0.371 e. The molecule has 0 radical (unpaired) electrons. The van der Waals surface area contributed by atoms with Gasteiger partial charge in [-0.1, -0.05) is 30.3 Å². The van der Waals surface area contributed by atoms with Gasteiger partial charge in [-0.3, -0.25) is 0 Å². The van der Waals surface area contributed by atoms with Crippen LogP contribution in [0.1, 0.15) is 5.56 Å². The molecule has 13 heavy (non-hydrogen) atoms. The molecule has 0 saturated heterocycles. The van der Waals surface area contributed by atoms with Gasteiger partial charge in [-0.25, -0.2) is 4.79 Å². The van der Waals surface area contributed by atoms with Crippen LogP contribution < -0.4 is 0 Å². The number of ether oxygens (including phenoxy) is 1. The molecule has 0 heterocycles. The predicted octanol–water partition coefficient (Wildman–Crippen LogP) is 1.76. The normalized spacial score (nSPS) is 11.0. The lowest BCUT2D eigenvalue weighted by molar-refractivity contribution is -0.135. The van der Waals surface area contributed by atoms with Crippen molar-refractivity contribution in [1.82, 2.24) is 0 Å². The van der Waals surface area contributed by atoms with Crippen molar-refractivity contribution >= 4 is 12.0 Å². The van der Waals surface area contributed by atoms with Gasteiger partial charge in [-0.05, 0) is 11.6 Å². The lowest BCUT2D eigenvalue weighted by Crippen LogP contribution is -2.01. The van der Waals surface area contributed by atoms with Crippen molar-refractivity contribution in [2.24, 2.45) is 0 Å². The zero-order valence-corrected chi connectivity index (χ0v) is 7.23. The van der Waals surface area contributed by atoms with E-state index < -0.39 is 5.97 Å². The van der Waals surface area contributed by atoms with Gasteiger partial charge < -0.3 is 9.84 Å². The van der Waals surface area contributed by atoms with E-state index in [1.807, 2.05) is 30.3 Å². The van der Waals surface area contributed by atoms with Crippen molar-refractivity contribution in [2.75, 3.05) is 7.11 Å². The van der Waals surface area contributed by atoms with Gasteiger partial charge >= 0.3 is 5.97 Å². The molecule has 3 heteroatoms. The smallest absolute Gasteiger partial charge is 0.371 e. The largest absolute Gasteiger partial charge is 0.490 e. The molecule has 0 unspecified atom stereocenters. The summed E-state index contributed by atoms with van der Waals surface area (Å²) in [5.74, 6) is -1.13. The SMILES string of the molecule is COC(=Cc1ccccc1)C(=O)O. The Morgan fingerprint density at radius 2 is 2.00 bits per heavy atom. The van der Waals surface area contributed by atoms with E-state index in [9.17, 15) is 4.79 Å². The van der Waals surface area contributed by atoms with E-state index in [1.54, 1.807) is 0 Å². The van der Waals surface area contributed by atoms with Crippen molar-refractivity contribution in [3.8, 4) is 0 Å². The molecule has 1 aromatic carbocycles. The van der Waals surface area contributed by atoms with E-state index in [0.717, 1.165) is 5.56 Å². The second-order valence-corrected chi connectivity index (χ2v) is 2.43. The van der Waals surface area contributed by atoms with Crippen molar-refractivity contribution in [2.45, 2.75) is 0 Å². The molecule has 0 aliphatic carbocycles. The Hall–Kier alpha value is -1.77. The van der Waals surface area contributed by atoms with Gasteiger partial charge in [0.15, 0.2) is 0 Å². The lowest BCUT2D eigenvalue weighted by Gasteiger charge is -1.99. The van der Waals surface area contributed by atoms with Crippen LogP contribution in [0.25, 0.3) is 6.08 Å². The summed E-state index contributed by atoms with van der Waals surface area (Å²) in [4.78, 5) is 10.5. The van der Waals surface area contributed by atoms with Crippen LogP contribution in [0.5, 0.6) is 0 Å². The van der Waals surface area contributed by atoms with Crippen LogP contribution in [0.4, 0.5) is 0 Å². The number of carbonyl (C=O) groups is 1. The topological polar surface area (TPSA) is 46.5 Å². The molecule has 0 aromatic heterocycles. The molecular weight excluding hydrogens is 168 g/mol. The molecule has 68 valence electrons. The summed E-state index contributed by atoms with van der Waals surface area (Å²) in [5, 5.41) is 8.64. The molecule has 3 nitrogen and oxygen atoms in total. The first kappa shape index (κ1) is 9.32. The Bertz CT molecular complexity index is 314. The Labute approximate surface area is 76.3 Å². The third kappa shape index (κ3) is 2.63. The van der Waals surface area contributed by atoms with Crippen molar-refractivity contribution in [3.05, 3.63) is 41.7 Å². The number of rotatable bonds is 3. The van der Waals surface area contributed by atoms with Gasteiger partial charge in [-0.2, -0.15) is 0 Å². The monoisotopic (exact) mass is 178 g/mol. The molecule has 0 spiro atoms. The average Bonchev–Trinajstić information content (AvgIpc) is 2.15. The fourth-order valence-corrected chi connectivity index (χ4v) is 0.909. The summed E-state index contributed by atoms with van der Waals surface area (Å²) in [6, 6.07) is 9.15. The highest BCUT2D eigenvalue weighted by Gasteiger charge is 2.05. The molecular formula is C10H10O3. The third-order valence-electron chi connectivity index (χ3n) is 1.53. The Kier molecular flexibility index (Phi) is 3.09. The summed E-state index contributed by atoms with van der Waals surface area (Å²) in [7, 11) is 1.34. The second kappa shape index (κ2) is 4.30. The summed E-state index contributed by atoms with van der Waals surface area (Å²) in [6.07, 6.45) is 1.47. The predicted molar refractivity (Wildman–Crippen MR) is 49.1 cm³/mol. The van der Waals surface area contributed by atoms with Gasteiger partial charge in [0.25, 0.3) is 0 Å². The Morgan fingerprint density at radius 1 is 1.38 bits per heavy atom. The van der Waals surface area contributed by atoms with Gasteiger partial charge in [0, 0.05) is 0 Å². The molecule has 1 aromatic rings. The van der Waals surface area contributed by atoms with E-state index in [-0.39, 0.29) is 5.76 Å². The van der Waals surface area contributed by atoms with Crippen LogP contribution in [-0.4, -0.2) is 18.2 Å². The maximum absolute atomic E-state index is 10.5. The average molecular weight is 178 g/mol. The Balaban J connectivity index is 2.92. The Morgan fingerprint density at radius 3 is 2.46 bits per heavy atom. The minimum absolute atomic E-state index is 0.0637. The van der Waals surface area contributed by atoms with E-state index >= 15 is 0 Å². The zero-order valence-electron chi connectivity index (χ0n) is 7.23. The fourth-order valence-electron chi connectivity index (χ4n) is 0.909. The molecule has 0 aliphatic heterocycles. The van der Waals surface area contributed by atoms with E-state index in [4.69, 9.17) is 5.11 Å². The summed E-state index contributed by atoms with van der Waals surface area (Å²) in [6.45, 7) is 0. The summed E-state index contributed by atoms with van der Waals surface area (Å²) < 4.78 is 4.68. The van der Waals surface area contributed by atoms with Gasteiger partial charge in [0.1, 0.15) is 0 Å². The fraction of sp³-hybridized carbons (Fsp3) is 0.100. The molecule has 1 rings (SSSR count). The van der Waals surface area contributed by atoms with Crippen LogP contribution in [0.15, 0.2) is 36.1 Å². The number of aliphatic carboxylic acids is 1. The van der Waals surface area contributed by atoms with Gasteiger partial charge in [0.05, 0.1) is 7.11 Å². The van der Waals surface area contributed by atoms with E-state index in [1.165, 1.54) is 13.2 Å². The van der Waals surface area contributed by atoms with E-state index in [0.29, 0.717) is 0 Å². The lowest BCUT2D eigenvalue weighted by atomic mass is 10.2. The summed E-state index contributed by atoms with van der Waals surface area (Å²) >= 11 is 0. The van der Waals surface area contributed by atoms with Crippen molar-refractivity contribution < 1.29 is 14.6 Å². The number of hydrogen-bond donors (Lipinski definition) is 1. The highest BCUT2D eigenvalue weighted by Crippen LogP contribution is 2.06. The maximum atomic E-state index is 10.5. The first-order valence-corrected chi connectivity index (χ1v) is 3.78. The molecule has 0 bridgehead atoms. The van der Waals surface area contributed by atoms with Crippen LogP contribution >= 0.6 is 0 Å². The molecule has 0 saturated carbocycles. The third-order valence-corrected chi connectivity index (χ3v) is 1.53. The first-order valence-electron chi connectivity index (χ1n) is 3.78. The van der Waals surface area contributed by atoms with Crippen molar-refractivity contribution in [1.29, 1.82) is 0 Å². The van der Waals surface area contributed by atoms with E-state index in [2.05, 4.69) is 4.74 Å². The van der Waals surface area contributed by atoms with Crippen LogP contribution in [0, 0.1) is 0 Å². The summed E-state index contributed by atoms with van der Waals surface area (Å²) in [5.41, 5.74) is 0.807. The number of carboxylic acid groups (broad SMARTS) is 1. The molecule has 0 fully saturated rings. The van der Waals surface area contributed by atoms with Crippen LogP contribution in [0.2, 0.25) is 0 Å². The number of carboxylic acids is 1. The second-order valence-electron chi connectivity index (χ2n) is 2.43. The minimum atomic E-state index is -1.06. The van der Waals surface area contributed by atoms with Gasteiger partial charge in [-0.15, -0.1) is 0 Å². The van der Waals surface area contributed by atoms with Crippen LogP contribution in [0.3, 0.4) is 0 Å². The standard InChI is InChI=1S/C10H10O3/c1-13-9(10(11)12)7-8-5-3-2-4-6-8/h2-7H,1H3,(H,11,12). The highest BCUT2D eigenvalue weighted by atomic mass is 16.5. The molecule has 0 amide bonds. The number of benzene rings is 1. The number of hydrogen-bond acceptors (Lipinski definition) is 2.